The van der Waals surface area contributed by atoms with Crippen molar-refractivity contribution in [3.63, 3.8) is 0 Å². The van der Waals surface area contributed by atoms with E-state index >= 15 is 0 Å². The van der Waals surface area contributed by atoms with Gasteiger partial charge in [-0.05, 0) is 17.5 Å². The van der Waals surface area contributed by atoms with Gasteiger partial charge in [-0.1, -0.05) is 77.9 Å². The molecule has 0 fully saturated rings. The molecule has 0 aromatic heterocycles. The lowest BCUT2D eigenvalue weighted by molar-refractivity contribution is -0.138. The normalized spacial score (nSPS) is 11.6. The largest absolute Gasteiger partial charge is 0.396 e. The van der Waals surface area contributed by atoms with Gasteiger partial charge in [-0.2, -0.15) is 0 Å². The highest BCUT2D eigenvalue weighted by Gasteiger charge is 2.39. The smallest absolute Gasteiger partial charge is 0.0701 e. The zero-order valence-electron chi connectivity index (χ0n) is 62.5. The van der Waals surface area contributed by atoms with Crippen LogP contribution >= 0.6 is 0 Å². The summed E-state index contributed by atoms with van der Waals surface area (Å²) >= 11 is 0. The lowest BCUT2D eigenvalue weighted by Crippen LogP contribution is -2.46. The molecular weight excluding hydrogens is 1360 g/mol. The van der Waals surface area contributed by atoms with E-state index in [1.807, 2.05) is 0 Å². The molecule has 0 radical (unpaired) electrons. The molecule has 104 heavy (non-hydrogen) atoms. The highest BCUT2D eigenvalue weighted by Crippen LogP contribution is 2.28. The van der Waals surface area contributed by atoms with Gasteiger partial charge in [0.15, 0.2) is 0 Å². The summed E-state index contributed by atoms with van der Waals surface area (Å²) in [5, 5.41) is 71.0. The number of hydrogen-bond acceptors (Lipinski definition) is 27. The Kier molecular flexibility index (Phi) is 78.7. The number of rotatable bonds is 78. The highest BCUT2D eigenvalue weighted by molar-refractivity contribution is 4.88. The second-order valence-corrected chi connectivity index (χ2v) is 24.0. The van der Waals surface area contributed by atoms with Crippen molar-refractivity contribution in [2.45, 2.75) is 13.3 Å². The van der Waals surface area contributed by atoms with Crippen LogP contribution in [0.2, 0.25) is 0 Å². The summed E-state index contributed by atoms with van der Waals surface area (Å²) in [6.07, 6.45) is 17.9. The second-order valence-electron chi connectivity index (χ2n) is 24.0. The zero-order chi connectivity index (χ0) is 78.2. The Labute approximate surface area is 619 Å². The van der Waals surface area contributed by atoms with Gasteiger partial charge in [-0.15, -0.1) is 65.8 Å². The van der Waals surface area contributed by atoms with Crippen LogP contribution in [0.1, 0.15) is 13.3 Å². The number of aliphatic hydroxyl groups is 7. The van der Waals surface area contributed by atoms with Crippen molar-refractivity contribution in [2.75, 3.05) is 297 Å². The summed E-state index contributed by atoms with van der Waals surface area (Å²) in [7, 11) is 0. The number of hydrogen-bond donors (Lipinski definition) is 7. The molecule has 0 atom stereocenters. The number of ether oxygens (including phenoxy) is 18. The van der Waals surface area contributed by atoms with Crippen LogP contribution in [-0.2, 0) is 85.3 Å². The fraction of sp³-hybridized carbons (Fsp3) is 0.726. The SMILES string of the molecule is C=CCOCC(CO)(COCC=C)COCC(COCC=C)(COCC=C)COCC=C.C=CCOCC(COCC=C)(COCC=C)COCC(COCC=C)(COCC=C)COCCOCCOCCN=[N+]=[N-].CCCOCCOCCN=[N+]=[N-].OCC(CO)(CO)COCC(CO)(CO)CO. The Bertz CT molecular complexity index is 2020. The highest BCUT2D eigenvalue weighted by atomic mass is 16.6. The fourth-order valence-corrected chi connectivity index (χ4v) is 8.12. The van der Waals surface area contributed by atoms with E-state index in [9.17, 15) is 5.11 Å². The van der Waals surface area contributed by atoms with Crippen molar-refractivity contribution in [1.29, 1.82) is 0 Å². The molecule has 0 saturated carbocycles. The molecule has 0 spiro atoms. The van der Waals surface area contributed by atoms with E-state index in [1.165, 1.54) is 0 Å². The quantitative estimate of drug-likeness (QED) is 0.0121. The summed E-state index contributed by atoms with van der Waals surface area (Å²) in [5.41, 5.74) is 11.3. The van der Waals surface area contributed by atoms with Gasteiger partial charge in [0, 0.05) is 29.5 Å². The topological polar surface area (TPSA) is 405 Å². The maximum absolute atomic E-state index is 10.1. The van der Waals surface area contributed by atoms with Gasteiger partial charge in [0.1, 0.15) is 0 Å². The third-order valence-corrected chi connectivity index (χ3v) is 13.9. The average Bonchev–Trinajstić information content (AvgIpc) is 0.862. The lowest BCUT2D eigenvalue weighted by atomic mass is 9.90. The van der Waals surface area contributed by atoms with E-state index in [-0.39, 0.29) is 66.0 Å². The summed E-state index contributed by atoms with van der Waals surface area (Å²) < 4.78 is 103. The average molecular weight is 1490 g/mol. The molecule has 0 bridgehead atoms. The van der Waals surface area contributed by atoms with Crippen LogP contribution < -0.4 is 0 Å². The maximum Gasteiger partial charge on any atom is 0.0701 e. The minimum absolute atomic E-state index is 0.141. The molecule has 0 rings (SSSR count). The number of azide groups is 2. The van der Waals surface area contributed by atoms with Gasteiger partial charge in [-0.25, -0.2) is 0 Å². The van der Waals surface area contributed by atoms with Crippen molar-refractivity contribution in [1.82, 2.24) is 0 Å². The van der Waals surface area contributed by atoms with E-state index in [2.05, 4.69) is 92.8 Å². The van der Waals surface area contributed by atoms with Crippen molar-refractivity contribution in [2.24, 2.45) is 42.7 Å². The molecule has 7 N–H and O–H groups in total. The molecule has 604 valence electrons. The third kappa shape index (κ3) is 59.1. The Morgan fingerprint density at radius 3 is 0.625 bits per heavy atom. The number of aliphatic hydroxyl groups excluding tert-OH is 7. The molecule has 0 aromatic carbocycles. The van der Waals surface area contributed by atoms with Gasteiger partial charge >= 0.3 is 0 Å². The standard InChI is InChI=1S/C31H53N3O9.C25H42O7.C10H22O7.C7H15N3O2/c1-6-12-37-22-30(23-38-13-7-2,24-39-14-8-3)28-43-29-31(25-40-15-9-4,26-41-16-10-5)27-42-21-20-36-19-18-35-17-11-33-34-32;1-6-11-27-17-24(16-26,18-28-12-7-2)19-32-23-25(20-29-13-8-3,21-30-14-9-4)22-31-15-10-5;11-1-9(2-12,3-13)7-17-8-10(4-14,5-15)6-16;1-2-4-11-6-7-12-5-3-9-10-8/h6-10H,1-5,11-29H2;6-10,26H,1-5,11-23H2;11-16H,1-8H2;2-7H2,1H3. The van der Waals surface area contributed by atoms with Crippen LogP contribution in [0.3, 0.4) is 0 Å². The van der Waals surface area contributed by atoms with E-state index in [1.54, 1.807) is 60.8 Å². The molecule has 0 heterocycles. The van der Waals surface area contributed by atoms with Crippen LogP contribution in [0.4, 0.5) is 0 Å². The molecule has 0 unspecified atom stereocenters. The first kappa shape index (κ1) is 105. The molecule has 0 amide bonds. The Balaban J connectivity index is -0.000000711. The first-order valence-electron chi connectivity index (χ1n) is 34.4. The molecule has 0 aliphatic heterocycles. The summed E-state index contributed by atoms with van der Waals surface area (Å²) in [6.45, 7) is 49.4. The molecule has 0 aromatic rings. The Hall–Kier alpha value is -4.98. The van der Waals surface area contributed by atoms with E-state index in [4.69, 9.17) is 127 Å². The van der Waals surface area contributed by atoms with E-state index in [0.717, 1.165) is 13.0 Å². The fourth-order valence-electron chi connectivity index (χ4n) is 8.12. The molecule has 31 heteroatoms. The third-order valence-electron chi connectivity index (χ3n) is 13.9. The van der Waals surface area contributed by atoms with Crippen molar-refractivity contribution >= 4 is 0 Å². The lowest BCUT2D eigenvalue weighted by Gasteiger charge is -2.36. The van der Waals surface area contributed by atoms with Gasteiger partial charge in [0.2, 0.25) is 0 Å². The number of nitrogens with zero attached hydrogens (tertiary/aromatic N) is 6. The van der Waals surface area contributed by atoms with Crippen LogP contribution in [0.25, 0.3) is 20.9 Å². The molecule has 0 aliphatic carbocycles. The van der Waals surface area contributed by atoms with Crippen LogP contribution in [-0.4, -0.2) is 333 Å². The minimum atomic E-state index is -1.16. The summed E-state index contributed by atoms with van der Waals surface area (Å²) in [4.78, 5) is 5.28. The Morgan fingerprint density at radius 1 is 0.240 bits per heavy atom. The monoisotopic (exact) mass is 1490 g/mol. The first-order chi connectivity index (χ1) is 50.6. The van der Waals surface area contributed by atoms with Crippen LogP contribution in [0.5, 0.6) is 0 Å². The van der Waals surface area contributed by atoms with E-state index < -0.39 is 72.1 Å². The predicted octanol–water partition coefficient (Wildman–Crippen LogP) is 6.00. The molecule has 0 aliphatic rings. The minimum Gasteiger partial charge on any atom is -0.396 e. The van der Waals surface area contributed by atoms with Crippen molar-refractivity contribution in [3.05, 3.63) is 147 Å². The van der Waals surface area contributed by atoms with Crippen LogP contribution in [0.15, 0.2) is 137 Å². The van der Waals surface area contributed by atoms with Crippen molar-refractivity contribution in [3.8, 4) is 0 Å². The summed E-state index contributed by atoms with van der Waals surface area (Å²) in [6, 6.07) is 0. The molecule has 31 nitrogen and oxygen atoms in total. The first-order valence-corrected chi connectivity index (χ1v) is 34.4. The molecular formula is C73H132N6O25. The predicted molar refractivity (Wildman–Crippen MR) is 399 cm³/mol. The summed E-state index contributed by atoms with van der Waals surface area (Å²) in [5.74, 6) is 0. The Morgan fingerprint density at radius 2 is 0.413 bits per heavy atom. The van der Waals surface area contributed by atoms with Crippen molar-refractivity contribution < 1.29 is 121 Å². The van der Waals surface area contributed by atoms with Crippen LogP contribution in [0, 0.1) is 32.5 Å². The zero-order valence-corrected chi connectivity index (χ0v) is 62.5. The van der Waals surface area contributed by atoms with E-state index in [0.29, 0.717) is 185 Å². The van der Waals surface area contributed by atoms with Gasteiger partial charge in [0.05, 0.1) is 310 Å². The van der Waals surface area contributed by atoms with Gasteiger partial charge in [-0.3, -0.25) is 0 Å². The van der Waals surface area contributed by atoms with Gasteiger partial charge in [0.25, 0.3) is 0 Å². The second kappa shape index (κ2) is 77.6. The molecule has 0 saturated heterocycles. The van der Waals surface area contributed by atoms with Gasteiger partial charge < -0.3 is 121 Å². The maximum atomic E-state index is 10.1.